The Morgan fingerprint density at radius 1 is 1.29 bits per heavy atom. The molecular weight excluding hydrogens is 431 g/mol. The molecule has 0 aliphatic heterocycles. The van der Waals surface area contributed by atoms with E-state index < -0.39 is 28.8 Å². The van der Waals surface area contributed by atoms with Gasteiger partial charge in [-0.25, -0.2) is 0 Å². The molecule has 31 heavy (non-hydrogen) atoms. The predicted molar refractivity (Wildman–Crippen MR) is 110 cm³/mol. The second kappa shape index (κ2) is 8.51. The Morgan fingerprint density at radius 3 is 2.65 bits per heavy atom. The van der Waals surface area contributed by atoms with Gasteiger partial charge < -0.3 is 14.6 Å². The Labute approximate surface area is 180 Å². The van der Waals surface area contributed by atoms with E-state index in [4.69, 9.17) is 11.2 Å². The van der Waals surface area contributed by atoms with Gasteiger partial charge in [0.2, 0.25) is 11.2 Å². The molecule has 0 spiro atoms. The number of thioether (sulfide) groups is 1. The maximum absolute atomic E-state index is 12.8. The second-order valence-electron chi connectivity index (χ2n) is 7.10. The van der Waals surface area contributed by atoms with Crippen LogP contribution in [0.15, 0.2) is 41.1 Å². The summed E-state index contributed by atoms with van der Waals surface area (Å²) in [5.74, 6) is 1.14. The summed E-state index contributed by atoms with van der Waals surface area (Å²) in [6.45, 7) is 3.03. The summed E-state index contributed by atoms with van der Waals surface area (Å²) in [5.41, 5.74) is -0.933. The van der Waals surface area contributed by atoms with E-state index in [9.17, 15) is 18.0 Å². The molecule has 0 saturated heterocycles. The number of halogens is 3. The molecule has 1 aromatic carbocycles. The van der Waals surface area contributed by atoms with E-state index in [1.54, 1.807) is 36.7 Å². The quantitative estimate of drug-likeness (QED) is 0.446. The van der Waals surface area contributed by atoms with Gasteiger partial charge in [-0.1, -0.05) is 11.1 Å². The molecule has 1 atom stereocenters. The largest absolute Gasteiger partial charge is 0.470 e. The van der Waals surface area contributed by atoms with E-state index in [2.05, 4.69) is 25.9 Å². The molecule has 2 heterocycles. The van der Waals surface area contributed by atoms with E-state index in [1.807, 2.05) is 0 Å². The minimum atomic E-state index is -4.67. The number of aromatic nitrogens is 2. The van der Waals surface area contributed by atoms with Crippen LogP contribution in [0.5, 0.6) is 5.75 Å². The Bertz CT molecular complexity index is 1150. The number of hydrogen-bond donors (Lipinski definition) is 1. The smallest absolute Gasteiger partial charge is 0.452 e. The first-order valence-electron chi connectivity index (χ1n) is 8.96. The molecule has 162 valence electrons. The van der Waals surface area contributed by atoms with E-state index in [-0.39, 0.29) is 5.69 Å². The first-order valence-corrected chi connectivity index (χ1v) is 10.2. The zero-order chi connectivity index (χ0) is 22.8. The first kappa shape index (κ1) is 22.5. The number of fused-ring (bicyclic) bond motifs is 1. The van der Waals surface area contributed by atoms with Crippen molar-refractivity contribution < 1.29 is 27.2 Å². The van der Waals surface area contributed by atoms with Crippen LogP contribution in [0.3, 0.4) is 0 Å². The van der Waals surface area contributed by atoms with Crippen molar-refractivity contribution in [1.82, 2.24) is 15.5 Å². The highest BCUT2D eigenvalue weighted by Gasteiger charge is 2.39. The van der Waals surface area contributed by atoms with Crippen molar-refractivity contribution in [2.45, 2.75) is 31.0 Å². The Balaban J connectivity index is 1.76. The zero-order valence-corrected chi connectivity index (χ0v) is 17.6. The average Bonchev–Trinajstić information content (AvgIpc) is 3.23. The number of pyridine rings is 1. The second-order valence-corrected chi connectivity index (χ2v) is 8.00. The minimum absolute atomic E-state index is 0.0633. The number of carbonyl (C=O) groups is 1. The zero-order valence-electron chi connectivity index (χ0n) is 16.8. The lowest BCUT2D eigenvalue weighted by Crippen LogP contribution is -2.46. The fourth-order valence-corrected chi connectivity index (χ4v) is 3.21. The number of alkyl halides is 3. The number of ether oxygens (including phenoxy) is 1. The molecule has 1 amide bonds. The molecule has 0 bridgehead atoms. The summed E-state index contributed by atoms with van der Waals surface area (Å²) < 4.78 is 48.5. The fraction of sp³-hybridized carbons (Fsp3) is 0.286. The van der Waals surface area contributed by atoms with Crippen LogP contribution in [0.25, 0.3) is 10.9 Å². The monoisotopic (exact) mass is 449 g/mol. The van der Waals surface area contributed by atoms with Crippen molar-refractivity contribution in [3.8, 4) is 18.1 Å². The molecule has 3 aromatic rings. The molecule has 6 nitrogen and oxygen atoms in total. The third-order valence-electron chi connectivity index (χ3n) is 4.36. The van der Waals surface area contributed by atoms with Crippen LogP contribution >= 0.6 is 11.8 Å². The van der Waals surface area contributed by atoms with Gasteiger partial charge in [-0.3, -0.25) is 9.78 Å². The number of carbonyl (C=O) groups excluding carboxylic acids is 1. The number of benzene rings is 1. The maximum Gasteiger partial charge on any atom is 0.452 e. The summed E-state index contributed by atoms with van der Waals surface area (Å²) in [7, 11) is 0. The van der Waals surface area contributed by atoms with E-state index in [1.165, 1.54) is 13.8 Å². The number of terminal acetylenes is 1. The normalized spacial score (nSPS) is 12.9. The van der Waals surface area contributed by atoms with Gasteiger partial charge in [-0.15, -0.1) is 18.2 Å². The summed E-state index contributed by atoms with van der Waals surface area (Å²) in [6, 6.07) is 7.64. The SMILES string of the molecule is C#Cc1cnc2ccc(OC(SC)C(=O)NC(C)(C)c3cc(C(F)(F)F)on3)cc2c1. The third kappa shape index (κ3) is 5.11. The standard InChI is InChI=1S/C21H18F3N3O3S/c1-5-12-8-13-9-14(6-7-15(13)25-11-12)29-19(31-4)18(28)26-20(2,3)16-10-17(30-27-16)21(22,23)24/h1,6-11,19H,2-4H3,(H,26,28). The van der Waals surface area contributed by atoms with Crippen molar-refractivity contribution >= 4 is 28.6 Å². The molecule has 1 unspecified atom stereocenters. The summed E-state index contributed by atoms with van der Waals surface area (Å²) >= 11 is 1.13. The van der Waals surface area contributed by atoms with E-state index >= 15 is 0 Å². The van der Waals surface area contributed by atoms with Crippen molar-refractivity contribution in [3.05, 3.63) is 53.5 Å². The van der Waals surface area contributed by atoms with Crippen LogP contribution in [0.2, 0.25) is 0 Å². The average molecular weight is 449 g/mol. The third-order valence-corrected chi connectivity index (χ3v) is 5.09. The number of nitrogens with zero attached hydrogens (tertiary/aromatic N) is 2. The molecule has 0 radical (unpaired) electrons. The molecular formula is C21H18F3N3O3S. The Kier molecular flexibility index (Phi) is 6.18. The number of nitrogens with one attached hydrogen (secondary N) is 1. The van der Waals surface area contributed by atoms with Crippen molar-refractivity contribution in [1.29, 1.82) is 0 Å². The Hall–Kier alpha value is -3.19. The highest BCUT2D eigenvalue weighted by Crippen LogP contribution is 2.32. The van der Waals surface area contributed by atoms with Crippen LogP contribution in [0.4, 0.5) is 13.2 Å². The van der Waals surface area contributed by atoms with Crippen LogP contribution in [-0.4, -0.2) is 27.7 Å². The van der Waals surface area contributed by atoms with Gasteiger partial charge in [0.1, 0.15) is 11.4 Å². The van der Waals surface area contributed by atoms with Gasteiger partial charge in [-0.2, -0.15) is 13.2 Å². The van der Waals surface area contributed by atoms with Crippen molar-refractivity contribution in [3.63, 3.8) is 0 Å². The van der Waals surface area contributed by atoms with Gasteiger partial charge in [0.05, 0.1) is 11.1 Å². The fourth-order valence-electron chi connectivity index (χ4n) is 2.73. The molecule has 3 rings (SSSR count). The van der Waals surface area contributed by atoms with Gasteiger partial charge in [0, 0.05) is 23.2 Å². The maximum atomic E-state index is 12.8. The molecule has 1 N–H and O–H groups in total. The summed E-state index contributed by atoms with van der Waals surface area (Å²) in [5, 5.41) is 6.84. The van der Waals surface area contributed by atoms with Crippen LogP contribution < -0.4 is 10.1 Å². The molecule has 0 aliphatic rings. The van der Waals surface area contributed by atoms with E-state index in [0.717, 1.165) is 23.2 Å². The summed E-state index contributed by atoms with van der Waals surface area (Å²) in [4.78, 5) is 17.0. The van der Waals surface area contributed by atoms with Crippen LogP contribution in [-0.2, 0) is 16.5 Å². The van der Waals surface area contributed by atoms with Crippen LogP contribution in [0, 0.1) is 12.3 Å². The Morgan fingerprint density at radius 2 is 2.03 bits per heavy atom. The van der Waals surface area contributed by atoms with Crippen LogP contribution in [0.1, 0.15) is 30.9 Å². The highest BCUT2D eigenvalue weighted by molar-refractivity contribution is 7.99. The molecule has 10 heteroatoms. The minimum Gasteiger partial charge on any atom is -0.470 e. The van der Waals surface area contributed by atoms with Gasteiger partial charge >= 0.3 is 6.18 Å². The number of hydrogen-bond acceptors (Lipinski definition) is 6. The lowest BCUT2D eigenvalue weighted by molar-refractivity contribution is -0.155. The predicted octanol–water partition coefficient (Wildman–Crippen LogP) is 4.34. The van der Waals surface area contributed by atoms with E-state index in [0.29, 0.717) is 16.8 Å². The number of rotatable bonds is 6. The van der Waals surface area contributed by atoms with Crippen molar-refractivity contribution in [2.75, 3.05) is 6.26 Å². The lowest BCUT2D eigenvalue weighted by atomic mass is 10.0. The lowest BCUT2D eigenvalue weighted by Gasteiger charge is -2.26. The first-order chi connectivity index (χ1) is 14.5. The molecule has 0 saturated carbocycles. The number of amides is 1. The van der Waals surface area contributed by atoms with Gasteiger partial charge in [-0.05, 0) is 44.4 Å². The topological polar surface area (TPSA) is 77.2 Å². The molecule has 0 aliphatic carbocycles. The van der Waals surface area contributed by atoms with Gasteiger partial charge in [0.15, 0.2) is 0 Å². The van der Waals surface area contributed by atoms with Gasteiger partial charge in [0.25, 0.3) is 5.91 Å². The van der Waals surface area contributed by atoms with Crippen molar-refractivity contribution in [2.24, 2.45) is 0 Å². The molecule has 0 fully saturated rings. The molecule has 2 aromatic heterocycles. The summed E-state index contributed by atoms with van der Waals surface area (Å²) in [6.07, 6.45) is 3.99. The highest BCUT2D eigenvalue weighted by atomic mass is 32.2.